The average Bonchev–Trinajstić information content (AvgIpc) is 2.47. The van der Waals surface area contributed by atoms with E-state index in [0.29, 0.717) is 17.3 Å². The maximum atomic E-state index is 5.61. The Hall–Kier alpha value is -1.65. The molecule has 0 aliphatic rings. The molecule has 13 heavy (non-hydrogen) atoms. The molecule has 0 saturated heterocycles. The van der Waals surface area contributed by atoms with Gasteiger partial charge in [0.15, 0.2) is 5.82 Å². The van der Waals surface area contributed by atoms with Crippen molar-refractivity contribution in [2.75, 3.05) is 5.73 Å². The average molecular weight is 177 g/mol. The van der Waals surface area contributed by atoms with Gasteiger partial charge in [-0.3, -0.25) is 5.10 Å². The number of aromatic nitrogens is 4. The third-order valence-electron chi connectivity index (χ3n) is 1.86. The number of hydrogen-bond donors (Lipinski definition) is 2. The van der Waals surface area contributed by atoms with Crippen LogP contribution in [0.3, 0.4) is 0 Å². The highest BCUT2D eigenvalue weighted by molar-refractivity contribution is 5.83. The fraction of sp³-hybridized carbons (Fsp3) is 0.375. The summed E-state index contributed by atoms with van der Waals surface area (Å²) in [7, 11) is 0. The van der Waals surface area contributed by atoms with Crippen LogP contribution < -0.4 is 5.73 Å². The Balaban J connectivity index is 2.66. The third-order valence-corrected chi connectivity index (χ3v) is 1.86. The lowest BCUT2D eigenvalue weighted by molar-refractivity contribution is 0.783. The predicted molar refractivity (Wildman–Crippen MR) is 50.2 cm³/mol. The molecule has 0 aromatic carbocycles. The maximum Gasteiger partial charge on any atom is 0.171 e. The second-order valence-corrected chi connectivity index (χ2v) is 3.25. The normalized spacial score (nSPS) is 11.3. The summed E-state index contributed by atoms with van der Waals surface area (Å²) in [6.45, 7) is 4.08. The van der Waals surface area contributed by atoms with E-state index in [1.54, 1.807) is 6.20 Å². The zero-order chi connectivity index (χ0) is 9.42. The molecular weight excluding hydrogens is 166 g/mol. The van der Waals surface area contributed by atoms with Crippen LogP contribution >= 0.6 is 0 Å². The minimum atomic E-state index is 0.304. The van der Waals surface area contributed by atoms with E-state index < -0.39 is 0 Å². The Labute approximate surface area is 75.4 Å². The molecule has 0 bridgehead atoms. The van der Waals surface area contributed by atoms with Gasteiger partial charge in [0.2, 0.25) is 0 Å². The van der Waals surface area contributed by atoms with Gasteiger partial charge in [-0.05, 0) is 0 Å². The Morgan fingerprint density at radius 2 is 2.23 bits per heavy atom. The van der Waals surface area contributed by atoms with Crippen molar-refractivity contribution >= 4 is 16.9 Å². The highest BCUT2D eigenvalue weighted by atomic mass is 15.2. The Bertz CT molecular complexity index is 431. The van der Waals surface area contributed by atoms with Gasteiger partial charge < -0.3 is 5.73 Å². The van der Waals surface area contributed by atoms with Gasteiger partial charge in [0.25, 0.3) is 0 Å². The molecule has 0 amide bonds. The van der Waals surface area contributed by atoms with E-state index >= 15 is 0 Å². The number of nitrogen functional groups attached to an aromatic ring is 1. The zero-order valence-electron chi connectivity index (χ0n) is 7.57. The first-order valence-corrected chi connectivity index (χ1v) is 4.15. The molecule has 0 radical (unpaired) electrons. The predicted octanol–water partition coefficient (Wildman–Crippen LogP) is 1.06. The number of H-pyrrole nitrogens is 1. The van der Waals surface area contributed by atoms with Crippen molar-refractivity contribution < 1.29 is 0 Å². The molecule has 5 nitrogen and oxygen atoms in total. The standard InChI is InChI=1S/C8H11N5/c1-4(2)8-10-3-5-6(11-8)7(9)13-12-5/h3-4H,1-2H3,(H3,9,12,13). The Kier molecular flexibility index (Phi) is 1.65. The molecule has 0 spiro atoms. The molecule has 0 fully saturated rings. The maximum absolute atomic E-state index is 5.61. The third kappa shape index (κ3) is 1.22. The summed E-state index contributed by atoms with van der Waals surface area (Å²) in [6, 6.07) is 0. The van der Waals surface area contributed by atoms with E-state index in [1.165, 1.54) is 0 Å². The van der Waals surface area contributed by atoms with E-state index in [0.717, 1.165) is 11.3 Å². The van der Waals surface area contributed by atoms with Crippen molar-refractivity contribution in [3.8, 4) is 0 Å². The smallest absolute Gasteiger partial charge is 0.171 e. The fourth-order valence-electron chi connectivity index (χ4n) is 1.12. The number of nitrogens with two attached hydrogens (primary N) is 1. The van der Waals surface area contributed by atoms with E-state index in [-0.39, 0.29) is 0 Å². The lowest BCUT2D eigenvalue weighted by atomic mass is 10.2. The first kappa shape index (κ1) is 7.97. The van der Waals surface area contributed by atoms with Gasteiger partial charge in [0, 0.05) is 5.92 Å². The number of aromatic amines is 1. The largest absolute Gasteiger partial charge is 0.380 e. The summed E-state index contributed by atoms with van der Waals surface area (Å²) in [5, 5.41) is 6.60. The van der Waals surface area contributed by atoms with Gasteiger partial charge in [0.05, 0.1) is 6.20 Å². The van der Waals surface area contributed by atoms with Crippen LogP contribution in [0.5, 0.6) is 0 Å². The zero-order valence-corrected chi connectivity index (χ0v) is 7.57. The van der Waals surface area contributed by atoms with Gasteiger partial charge in [-0.15, -0.1) is 0 Å². The summed E-state index contributed by atoms with van der Waals surface area (Å²) < 4.78 is 0. The Morgan fingerprint density at radius 1 is 1.46 bits per heavy atom. The highest BCUT2D eigenvalue weighted by Crippen LogP contribution is 2.16. The quantitative estimate of drug-likeness (QED) is 0.682. The molecule has 5 heteroatoms. The second-order valence-electron chi connectivity index (χ2n) is 3.25. The summed E-state index contributed by atoms with van der Waals surface area (Å²) in [6.07, 6.45) is 1.71. The van der Waals surface area contributed by atoms with Crippen molar-refractivity contribution in [3.05, 3.63) is 12.0 Å². The molecule has 0 saturated carbocycles. The number of nitrogens with zero attached hydrogens (tertiary/aromatic N) is 3. The van der Waals surface area contributed by atoms with Crippen LogP contribution in [0.15, 0.2) is 6.20 Å². The molecule has 0 atom stereocenters. The number of rotatable bonds is 1. The Morgan fingerprint density at radius 3 is 2.92 bits per heavy atom. The van der Waals surface area contributed by atoms with Gasteiger partial charge in [0.1, 0.15) is 16.9 Å². The van der Waals surface area contributed by atoms with Crippen molar-refractivity contribution in [1.29, 1.82) is 0 Å². The van der Waals surface area contributed by atoms with Gasteiger partial charge in [-0.1, -0.05) is 13.8 Å². The first-order valence-electron chi connectivity index (χ1n) is 4.15. The molecule has 0 aliphatic heterocycles. The van der Waals surface area contributed by atoms with Crippen LogP contribution in [0.1, 0.15) is 25.6 Å². The van der Waals surface area contributed by atoms with Crippen LogP contribution in [0.2, 0.25) is 0 Å². The van der Waals surface area contributed by atoms with Crippen molar-refractivity contribution in [2.45, 2.75) is 19.8 Å². The molecule has 2 aromatic heterocycles. The van der Waals surface area contributed by atoms with Crippen LogP contribution in [0, 0.1) is 0 Å². The summed E-state index contributed by atoms with van der Waals surface area (Å²) >= 11 is 0. The lowest BCUT2D eigenvalue weighted by Crippen LogP contribution is -1.97. The number of nitrogens with one attached hydrogen (secondary N) is 1. The van der Waals surface area contributed by atoms with Crippen LogP contribution in [0.4, 0.5) is 5.82 Å². The minimum absolute atomic E-state index is 0.304. The van der Waals surface area contributed by atoms with Crippen LogP contribution in [0.25, 0.3) is 11.0 Å². The summed E-state index contributed by atoms with van der Waals surface area (Å²) in [4.78, 5) is 8.49. The number of hydrogen-bond acceptors (Lipinski definition) is 4. The fourth-order valence-corrected chi connectivity index (χ4v) is 1.12. The summed E-state index contributed by atoms with van der Waals surface area (Å²) in [5.74, 6) is 1.53. The van der Waals surface area contributed by atoms with Crippen molar-refractivity contribution in [2.24, 2.45) is 0 Å². The number of anilines is 1. The monoisotopic (exact) mass is 177 g/mol. The summed E-state index contributed by atoms with van der Waals surface area (Å²) in [5.41, 5.74) is 7.10. The lowest BCUT2D eigenvalue weighted by Gasteiger charge is -2.01. The van der Waals surface area contributed by atoms with Crippen LogP contribution in [-0.2, 0) is 0 Å². The van der Waals surface area contributed by atoms with Gasteiger partial charge >= 0.3 is 0 Å². The molecule has 68 valence electrons. The van der Waals surface area contributed by atoms with Crippen molar-refractivity contribution in [1.82, 2.24) is 20.2 Å². The minimum Gasteiger partial charge on any atom is -0.380 e. The first-order chi connectivity index (χ1) is 6.18. The SMILES string of the molecule is CC(C)c1ncc2[nH]nc(N)c2n1. The van der Waals surface area contributed by atoms with E-state index in [2.05, 4.69) is 20.2 Å². The van der Waals surface area contributed by atoms with Crippen LogP contribution in [-0.4, -0.2) is 20.2 Å². The molecule has 3 N–H and O–H groups in total. The molecule has 2 aromatic rings. The van der Waals surface area contributed by atoms with Gasteiger partial charge in [-0.25, -0.2) is 9.97 Å². The molecule has 2 heterocycles. The topological polar surface area (TPSA) is 80.5 Å². The van der Waals surface area contributed by atoms with E-state index in [1.807, 2.05) is 13.8 Å². The van der Waals surface area contributed by atoms with Gasteiger partial charge in [-0.2, -0.15) is 5.10 Å². The number of fused-ring (bicyclic) bond motifs is 1. The molecule has 0 aliphatic carbocycles. The van der Waals surface area contributed by atoms with Crippen molar-refractivity contribution in [3.63, 3.8) is 0 Å². The second kappa shape index (κ2) is 2.69. The molecule has 2 rings (SSSR count). The molecule has 0 unspecified atom stereocenters. The van der Waals surface area contributed by atoms with E-state index in [9.17, 15) is 0 Å². The molecular formula is C8H11N5. The van der Waals surface area contributed by atoms with E-state index in [4.69, 9.17) is 5.73 Å². The highest BCUT2D eigenvalue weighted by Gasteiger charge is 2.07.